The molecule has 0 heterocycles. The molecule has 0 aromatic heterocycles. The van der Waals surface area contributed by atoms with Gasteiger partial charge in [0.2, 0.25) is 0 Å². The van der Waals surface area contributed by atoms with Crippen LogP contribution >= 0.6 is 0 Å². The Labute approximate surface area is 399 Å². The van der Waals surface area contributed by atoms with Crippen LogP contribution in [0.5, 0.6) is 0 Å². The van der Waals surface area contributed by atoms with Crippen molar-refractivity contribution in [2.24, 2.45) is 5.92 Å². The molecule has 4 rings (SSSR count). The number of allylic oxidation sites excluding steroid dienone is 27. The average molecular weight is 872 g/mol. The monoisotopic (exact) mass is 872 g/mol. The lowest BCUT2D eigenvalue weighted by molar-refractivity contribution is 0.476. The zero-order valence-corrected chi connectivity index (χ0v) is 41.1. The van der Waals surface area contributed by atoms with Gasteiger partial charge in [-0.25, -0.2) is 0 Å². The summed E-state index contributed by atoms with van der Waals surface area (Å²) in [7, 11) is 0. The van der Waals surface area contributed by atoms with E-state index < -0.39 is 0 Å². The molecule has 3 nitrogen and oxygen atoms in total. The number of benzene rings is 2. The van der Waals surface area contributed by atoms with Crippen LogP contribution in [0.25, 0.3) is 0 Å². The van der Waals surface area contributed by atoms with E-state index in [9.17, 15) is 0 Å². The normalized spacial score (nSPS) is 17.7. The van der Waals surface area contributed by atoms with Gasteiger partial charge in [-0.3, -0.25) is 0 Å². The standard InChI is InChI=1S/C63H73N3/c1-14-21-35-52(45-64-53-36-27-25-28-37-53)61-43-60(51(13)58(61)34-17-4)63(66(54(19-6)38-22-15-2)56-41-31-26-32-42-56)44-59(48(10)33-16-3)62(57(20-7)50(12)47(8)9)46-65(49(11)18-5)55-39-29-23-24-30-40-55/h14-23,25-42,45,51,64H,1,3,6-8,24,43-44,46H2,2,4-5,9-13H3/b22-15-,34-17-,35-21-,48-33+,49-18+,52-45+,54-38+,57-50+,62-59-,63-60+. The van der Waals surface area contributed by atoms with E-state index in [4.69, 9.17) is 0 Å². The molecule has 2 aliphatic rings. The van der Waals surface area contributed by atoms with E-state index in [0.717, 1.165) is 62.8 Å². The van der Waals surface area contributed by atoms with Crippen molar-refractivity contribution in [1.29, 1.82) is 0 Å². The van der Waals surface area contributed by atoms with Crippen molar-refractivity contribution in [2.45, 2.75) is 74.7 Å². The molecular formula is C63H73N3. The third-order valence-corrected chi connectivity index (χ3v) is 12.1. The minimum absolute atomic E-state index is 0.0530. The number of nitrogens with one attached hydrogen (secondary N) is 1. The molecule has 2 aromatic rings. The third kappa shape index (κ3) is 13.5. The van der Waals surface area contributed by atoms with Crippen molar-refractivity contribution < 1.29 is 0 Å². The second kappa shape index (κ2) is 26.6. The van der Waals surface area contributed by atoms with Crippen LogP contribution in [0.15, 0.2) is 288 Å². The smallest absolute Gasteiger partial charge is 0.0487 e. The van der Waals surface area contributed by atoms with E-state index in [1.54, 1.807) is 0 Å². The fourth-order valence-corrected chi connectivity index (χ4v) is 8.33. The summed E-state index contributed by atoms with van der Waals surface area (Å²) in [5.74, 6) is 0.0530. The van der Waals surface area contributed by atoms with Gasteiger partial charge in [0.1, 0.15) is 0 Å². The van der Waals surface area contributed by atoms with Crippen LogP contribution in [-0.2, 0) is 0 Å². The molecular weight excluding hydrogens is 799 g/mol. The highest BCUT2D eigenvalue weighted by Gasteiger charge is 2.33. The van der Waals surface area contributed by atoms with Crippen LogP contribution in [0.4, 0.5) is 11.4 Å². The lowest BCUT2D eigenvalue weighted by atomic mass is 9.85. The molecule has 0 saturated heterocycles. The fourth-order valence-electron chi connectivity index (χ4n) is 8.33. The molecule has 0 bridgehead atoms. The van der Waals surface area contributed by atoms with Crippen molar-refractivity contribution in [1.82, 2.24) is 4.90 Å². The first-order valence-electron chi connectivity index (χ1n) is 23.1. The van der Waals surface area contributed by atoms with Crippen molar-refractivity contribution in [2.75, 3.05) is 16.8 Å². The number of rotatable bonds is 22. The van der Waals surface area contributed by atoms with Crippen molar-refractivity contribution in [3.05, 3.63) is 288 Å². The number of para-hydroxylation sites is 2. The highest BCUT2D eigenvalue weighted by atomic mass is 15.2. The Morgan fingerprint density at radius 3 is 2.14 bits per heavy atom. The van der Waals surface area contributed by atoms with E-state index in [-0.39, 0.29) is 5.92 Å². The first-order valence-corrected chi connectivity index (χ1v) is 23.1. The van der Waals surface area contributed by atoms with Crippen LogP contribution in [0, 0.1) is 5.92 Å². The van der Waals surface area contributed by atoms with E-state index in [1.165, 1.54) is 33.6 Å². The molecule has 0 radical (unpaired) electrons. The molecule has 1 unspecified atom stereocenters. The van der Waals surface area contributed by atoms with Gasteiger partial charge in [-0.2, -0.15) is 0 Å². The van der Waals surface area contributed by atoms with Crippen molar-refractivity contribution in [3.63, 3.8) is 0 Å². The minimum Gasteiger partial charge on any atom is -0.361 e. The van der Waals surface area contributed by atoms with Gasteiger partial charge < -0.3 is 15.1 Å². The Morgan fingerprint density at radius 2 is 1.53 bits per heavy atom. The molecule has 0 aliphatic heterocycles. The maximum atomic E-state index is 4.49. The molecule has 0 saturated carbocycles. The van der Waals surface area contributed by atoms with Gasteiger partial charge in [0.25, 0.3) is 0 Å². The predicted molar refractivity (Wildman–Crippen MR) is 293 cm³/mol. The zero-order valence-electron chi connectivity index (χ0n) is 41.1. The molecule has 1 N–H and O–H groups in total. The Kier molecular flexibility index (Phi) is 20.8. The molecule has 2 aliphatic carbocycles. The fraction of sp³-hybridized carbons (Fsp3) is 0.206. The highest BCUT2D eigenvalue weighted by molar-refractivity contribution is 5.67. The summed E-state index contributed by atoms with van der Waals surface area (Å²) < 4.78 is 0. The van der Waals surface area contributed by atoms with Crippen LogP contribution < -0.4 is 10.2 Å². The zero-order chi connectivity index (χ0) is 48.0. The summed E-state index contributed by atoms with van der Waals surface area (Å²) in [5.41, 5.74) is 18.1. The summed E-state index contributed by atoms with van der Waals surface area (Å²) in [4.78, 5) is 4.85. The van der Waals surface area contributed by atoms with E-state index in [1.807, 2.05) is 43.4 Å². The summed E-state index contributed by atoms with van der Waals surface area (Å²) in [6.07, 6.45) is 42.4. The van der Waals surface area contributed by atoms with Crippen molar-refractivity contribution >= 4 is 11.4 Å². The maximum absolute atomic E-state index is 4.49. The van der Waals surface area contributed by atoms with Crippen LogP contribution in [0.2, 0.25) is 0 Å². The van der Waals surface area contributed by atoms with Crippen LogP contribution in [0.1, 0.15) is 74.7 Å². The van der Waals surface area contributed by atoms with Crippen LogP contribution in [-0.4, -0.2) is 11.4 Å². The van der Waals surface area contributed by atoms with Gasteiger partial charge in [0.15, 0.2) is 0 Å². The number of anilines is 2. The van der Waals surface area contributed by atoms with Crippen LogP contribution in [0.3, 0.4) is 0 Å². The van der Waals surface area contributed by atoms with Gasteiger partial charge in [-0.05, 0) is 160 Å². The summed E-state index contributed by atoms with van der Waals surface area (Å²) >= 11 is 0. The lowest BCUT2D eigenvalue weighted by Gasteiger charge is -2.35. The summed E-state index contributed by atoms with van der Waals surface area (Å²) in [6.45, 7) is 39.5. The van der Waals surface area contributed by atoms with E-state index in [2.05, 4.69) is 236 Å². The van der Waals surface area contributed by atoms with Gasteiger partial charge in [0, 0.05) is 59.2 Å². The lowest BCUT2D eigenvalue weighted by Crippen LogP contribution is -2.27. The summed E-state index contributed by atoms with van der Waals surface area (Å²) in [5, 5.41) is 3.60. The van der Waals surface area contributed by atoms with Crippen molar-refractivity contribution in [3.8, 4) is 0 Å². The Morgan fingerprint density at radius 1 is 0.818 bits per heavy atom. The van der Waals surface area contributed by atoms with Gasteiger partial charge in [-0.15, -0.1) is 0 Å². The predicted octanol–water partition coefficient (Wildman–Crippen LogP) is 17.6. The second-order valence-corrected chi connectivity index (χ2v) is 16.4. The van der Waals surface area contributed by atoms with Gasteiger partial charge in [-0.1, -0.05) is 167 Å². The molecule has 0 spiro atoms. The molecule has 1 atom stereocenters. The highest BCUT2D eigenvalue weighted by Crippen LogP contribution is 2.47. The molecule has 3 heteroatoms. The average Bonchev–Trinajstić information content (AvgIpc) is 3.45. The van der Waals surface area contributed by atoms with E-state index in [0.29, 0.717) is 19.4 Å². The second-order valence-electron chi connectivity index (χ2n) is 16.4. The first kappa shape index (κ1) is 51.5. The Balaban J connectivity index is 2.26. The molecule has 0 amide bonds. The van der Waals surface area contributed by atoms with Gasteiger partial charge in [0.05, 0.1) is 0 Å². The maximum Gasteiger partial charge on any atom is 0.0487 e. The third-order valence-electron chi connectivity index (χ3n) is 12.1. The number of nitrogens with zero attached hydrogens (tertiary/aromatic N) is 2. The molecule has 66 heavy (non-hydrogen) atoms. The SMILES string of the molecule is C=C/C=C\C(=C/Nc1ccccc1)C1=C(/C=C\C)C(C)/C(=C(\CC(/C(C)=C/C=C)=C(CN(C2=CC=CCC=C2)/C(C)=C/C)/C(C=C)=C(\C)C(=C)C)N(/C(C=C)=C/C=C\C)c2ccccc2)C1. The number of hydrogen-bond donors (Lipinski definition) is 1. The Hall–Kier alpha value is -7.10. The molecule has 2 aromatic carbocycles. The quantitative estimate of drug-likeness (QED) is 0.119. The molecule has 340 valence electrons. The topological polar surface area (TPSA) is 18.5 Å². The first-order chi connectivity index (χ1) is 32.0. The van der Waals surface area contributed by atoms with E-state index >= 15 is 0 Å². The largest absolute Gasteiger partial charge is 0.361 e. The summed E-state index contributed by atoms with van der Waals surface area (Å²) in [6, 6.07) is 21.0. The minimum atomic E-state index is 0.0530. The number of hydrogen-bond acceptors (Lipinski definition) is 3. The van der Waals surface area contributed by atoms with Gasteiger partial charge >= 0.3 is 0 Å². The Bertz CT molecular complexity index is 2540. The molecule has 0 fully saturated rings.